The van der Waals surface area contributed by atoms with E-state index in [0.717, 1.165) is 19.3 Å². The molecule has 5 nitrogen and oxygen atoms in total. The average Bonchev–Trinajstić information content (AvgIpc) is 2.62. The van der Waals surface area contributed by atoms with E-state index in [-0.39, 0.29) is 18.6 Å². The van der Waals surface area contributed by atoms with Crippen LogP contribution in [0.15, 0.2) is 0 Å². The van der Waals surface area contributed by atoms with Crippen molar-refractivity contribution in [1.29, 1.82) is 0 Å². The second-order valence-corrected chi connectivity index (χ2v) is 5.37. The van der Waals surface area contributed by atoms with Gasteiger partial charge < -0.3 is 15.7 Å². The third-order valence-electron chi connectivity index (χ3n) is 3.69. The highest BCUT2D eigenvalue weighted by atomic mass is 16.4. The number of nitrogens with one attached hydrogen (secondary N) is 2. The van der Waals surface area contributed by atoms with Crippen molar-refractivity contribution in [3.8, 4) is 0 Å². The molecular formula is C14H26N2O3. The van der Waals surface area contributed by atoms with Crippen LogP contribution >= 0.6 is 0 Å². The van der Waals surface area contributed by atoms with Gasteiger partial charge in [0, 0.05) is 12.6 Å². The molecule has 110 valence electrons. The highest BCUT2D eigenvalue weighted by Crippen LogP contribution is 2.17. The molecule has 0 radical (unpaired) electrons. The summed E-state index contributed by atoms with van der Waals surface area (Å²) in [5.41, 5.74) is 0. The summed E-state index contributed by atoms with van der Waals surface area (Å²) in [5.74, 6) is -1.32. The minimum atomic E-state index is -0.836. The number of urea groups is 1. The maximum atomic E-state index is 11.7. The van der Waals surface area contributed by atoms with Gasteiger partial charge in [0.15, 0.2) is 0 Å². The third kappa shape index (κ3) is 6.45. The van der Waals surface area contributed by atoms with Crippen LogP contribution in [-0.4, -0.2) is 29.7 Å². The highest BCUT2D eigenvalue weighted by Gasteiger charge is 2.19. The van der Waals surface area contributed by atoms with Crippen molar-refractivity contribution in [3.05, 3.63) is 0 Å². The van der Waals surface area contributed by atoms with Crippen molar-refractivity contribution in [2.24, 2.45) is 5.92 Å². The minimum Gasteiger partial charge on any atom is -0.481 e. The molecular weight excluding hydrogens is 244 g/mol. The van der Waals surface area contributed by atoms with E-state index in [0.29, 0.717) is 6.42 Å². The lowest BCUT2D eigenvalue weighted by molar-refractivity contribution is -0.141. The molecule has 1 aliphatic carbocycles. The van der Waals surface area contributed by atoms with Crippen molar-refractivity contribution in [3.63, 3.8) is 0 Å². The Labute approximate surface area is 115 Å². The van der Waals surface area contributed by atoms with E-state index in [2.05, 4.69) is 10.6 Å². The number of amides is 2. The van der Waals surface area contributed by atoms with E-state index in [1.165, 1.54) is 25.7 Å². The minimum absolute atomic E-state index is 0.210. The van der Waals surface area contributed by atoms with E-state index in [4.69, 9.17) is 5.11 Å². The third-order valence-corrected chi connectivity index (χ3v) is 3.69. The van der Waals surface area contributed by atoms with Gasteiger partial charge in [-0.1, -0.05) is 39.0 Å². The summed E-state index contributed by atoms with van der Waals surface area (Å²) in [6.07, 6.45) is 8.29. The van der Waals surface area contributed by atoms with Gasteiger partial charge in [-0.25, -0.2) is 4.79 Å². The second kappa shape index (κ2) is 8.77. The number of hydrogen-bond acceptors (Lipinski definition) is 2. The molecule has 1 rings (SSSR count). The number of aliphatic carboxylic acids is 1. The molecule has 0 aromatic heterocycles. The van der Waals surface area contributed by atoms with Crippen LogP contribution in [0.1, 0.15) is 58.3 Å². The summed E-state index contributed by atoms with van der Waals surface area (Å²) >= 11 is 0. The largest absolute Gasteiger partial charge is 0.481 e. The summed E-state index contributed by atoms with van der Waals surface area (Å²) in [4.78, 5) is 22.7. The van der Waals surface area contributed by atoms with Crippen LogP contribution in [0.25, 0.3) is 0 Å². The molecule has 0 aromatic carbocycles. The van der Waals surface area contributed by atoms with Crippen molar-refractivity contribution in [2.45, 2.75) is 64.3 Å². The van der Waals surface area contributed by atoms with Gasteiger partial charge in [-0.05, 0) is 19.3 Å². The Morgan fingerprint density at radius 3 is 2.37 bits per heavy atom. The van der Waals surface area contributed by atoms with Crippen LogP contribution in [0.4, 0.5) is 4.79 Å². The molecule has 5 heteroatoms. The van der Waals surface area contributed by atoms with Gasteiger partial charge >= 0.3 is 12.0 Å². The molecule has 1 atom stereocenters. The molecule has 0 heterocycles. The van der Waals surface area contributed by atoms with Crippen molar-refractivity contribution in [1.82, 2.24) is 10.6 Å². The van der Waals surface area contributed by atoms with Crippen LogP contribution in [-0.2, 0) is 4.79 Å². The highest BCUT2D eigenvalue weighted by molar-refractivity contribution is 5.76. The first kappa shape index (κ1) is 15.8. The molecule has 1 fully saturated rings. The van der Waals surface area contributed by atoms with E-state index < -0.39 is 11.9 Å². The van der Waals surface area contributed by atoms with Gasteiger partial charge in [0.25, 0.3) is 0 Å². The van der Waals surface area contributed by atoms with E-state index in [1.54, 1.807) is 0 Å². The SMILES string of the molecule is CCCC(CNC(=O)NC1CCCCCC1)C(=O)O. The first-order valence-corrected chi connectivity index (χ1v) is 7.40. The maximum absolute atomic E-state index is 11.7. The summed E-state index contributed by atoms with van der Waals surface area (Å²) in [6, 6.07) is 0.0196. The Morgan fingerprint density at radius 1 is 1.21 bits per heavy atom. The van der Waals surface area contributed by atoms with Crippen molar-refractivity contribution in [2.75, 3.05) is 6.54 Å². The molecule has 0 spiro atoms. The zero-order chi connectivity index (χ0) is 14.1. The van der Waals surface area contributed by atoms with Gasteiger partial charge in [-0.3, -0.25) is 4.79 Å². The van der Waals surface area contributed by atoms with Gasteiger partial charge in [0.2, 0.25) is 0 Å². The number of carboxylic acids is 1. The first-order chi connectivity index (χ1) is 9.13. The molecule has 1 unspecified atom stereocenters. The predicted octanol–water partition coefficient (Wildman–Crippen LogP) is 2.51. The molecule has 0 bridgehead atoms. The van der Waals surface area contributed by atoms with Crippen molar-refractivity contribution < 1.29 is 14.7 Å². The number of rotatable bonds is 6. The fourth-order valence-electron chi connectivity index (χ4n) is 2.54. The quantitative estimate of drug-likeness (QED) is 0.649. The second-order valence-electron chi connectivity index (χ2n) is 5.37. The van der Waals surface area contributed by atoms with E-state index in [1.807, 2.05) is 6.92 Å². The van der Waals surface area contributed by atoms with Crippen LogP contribution in [0.5, 0.6) is 0 Å². The molecule has 1 aliphatic rings. The lowest BCUT2D eigenvalue weighted by atomic mass is 10.0. The number of carbonyl (C=O) groups is 2. The number of carbonyl (C=O) groups excluding carboxylic acids is 1. The van der Waals surface area contributed by atoms with E-state index >= 15 is 0 Å². The fourth-order valence-corrected chi connectivity index (χ4v) is 2.54. The number of carboxylic acid groups (broad SMARTS) is 1. The Kier molecular flexibility index (Phi) is 7.30. The predicted molar refractivity (Wildman–Crippen MR) is 74.1 cm³/mol. The average molecular weight is 270 g/mol. The lowest BCUT2D eigenvalue weighted by Crippen LogP contribution is -2.44. The van der Waals surface area contributed by atoms with Gasteiger partial charge in [0.05, 0.1) is 5.92 Å². The van der Waals surface area contributed by atoms with Gasteiger partial charge in [0.1, 0.15) is 0 Å². The van der Waals surface area contributed by atoms with Crippen LogP contribution < -0.4 is 10.6 Å². The molecule has 19 heavy (non-hydrogen) atoms. The number of hydrogen-bond donors (Lipinski definition) is 3. The standard InChI is InChI=1S/C14H26N2O3/c1-2-7-11(13(17)18)10-15-14(19)16-12-8-5-3-4-6-9-12/h11-12H,2-10H2,1H3,(H,17,18)(H2,15,16,19). The van der Waals surface area contributed by atoms with Crippen LogP contribution in [0.3, 0.4) is 0 Å². The Morgan fingerprint density at radius 2 is 1.84 bits per heavy atom. The monoisotopic (exact) mass is 270 g/mol. The van der Waals surface area contributed by atoms with E-state index in [9.17, 15) is 9.59 Å². The smallest absolute Gasteiger partial charge is 0.315 e. The first-order valence-electron chi connectivity index (χ1n) is 7.40. The Balaban J connectivity index is 2.27. The van der Waals surface area contributed by atoms with Crippen LogP contribution in [0.2, 0.25) is 0 Å². The molecule has 2 amide bonds. The zero-order valence-corrected chi connectivity index (χ0v) is 11.8. The summed E-state index contributed by atoms with van der Waals surface area (Å²) in [5, 5.41) is 14.6. The molecule has 0 aliphatic heterocycles. The summed E-state index contributed by atoms with van der Waals surface area (Å²) in [7, 11) is 0. The van der Waals surface area contributed by atoms with Gasteiger partial charge in [-0.2, -0.15) is 0 Å². The topological polar surface area (TPSA) is 78.4 Å². The van der Waals surface area contributed by atoms with Crippen LogP contribution in [0, 0.1) is 5.92 Å². The Bertz CT molecular complexity index is 286. The fraction of sp³-hybridized carbons (Fsp3) is 0.857. The Hall–Kier alpha value is -1.26. The summed E-state index contributed by atoms with van der Waals surface area (Å²) < 4.78 is 0. The molecule has 3 N–H and O–H groups in total. The lowest BCUT2D eigenvalue weighted by Gasteiger charge is -2.18. The van der Waals surface area contributed by atoms with Gasteiger partial charge in [-0.15, -0.1) is 0 Å². The maximum Gasteiger partial charge on any atom is 0.315 e. The normalized spacial score (nSPS) is 18.4. The van der Waals surface area contributed by atoms with Crippen molar-refractivity contribution >= 4 is 12.0 Å². The molecule has 0 saturated heterocycles. The summed E-state index contributed by atoms with van der Waals surface area (Å²) in [6.45, 7) is 2.16. The molecule has 0 aromatic rings. The zero-order valence-electron chi connectivity index (χ0n) is 11.8. The molecule has 1 saturated carbocycles.